The van der Waals surface area contributed by atoms with Gasteiger partial charge >= 0.3 is 0 Å². The quantitative estimate of drug-likeness (QED) is 0.865. The molecule has 1 saturated heterocycles. The van der Waals surface area contributed by atoms with Crippen molar-refractivity contribution in [3.05, 3.63) is 29.6 Å². The molecular weight excluding hydrogens is 246 g/mol. The van der Waals surface area contributed by atoms with Crippen LogP contribution >= 0.6 is 0 Å². The summed E-state index contributed by atoms with van der Waals surface area (Å²) in [6.07, 6.45) is 7.82. The third kappa shape index (κ3) is 4.29. The molecule has 0 amide bonds. The minimum absolute atomic E-state index is 0.585. The molecule has 1 aliphatic rings. The van der Waals surface area contributed by atoms with Gasteiger partial charge in [-0.05, 0) is 69.3 Å². The van der Waals surface area contributed by atoms with Crippen LogP contribution < -0.4 is 5.32 Å². The molecule has 1 fully saturated rings. The average Bonchev–Trinajstić information content (AvgIpc) is 2.47. The predicted molar refractivity (Wildman–Crippen MR) is 84.7 cm³/mol. The molecule has 1 aromatic heterocycles. The lowest BCUT2D eigenvalue weighted by Crippen LogP contribution is -2.44. The van der Waals surface area contributed by atoms with E-state index in [-0.39, 0.29) is 0 Å². The summed E-state index contributed by atoms with van der Waals surface area (Å²) in [5.74, 6) is 0.789. The van der Waals surface area contributed by atoms with Crippen molar-refractivity contribution < 1.29 is 0 Å². The van der Waals surface area contributed by atoms with Crippen LogP contribution in [0.25, 0.3) is 0 Å². The van der Waals surface area contributed by atoms with Crippen LogP contribution in [0.1, 0.15) is 44.2 Å². The van der Waals surface area contributed by atoms with Crippen molar-refractivity contribution in [2.45, 2.75) is 52.6 Å². The van der Waals surface area contributed by atoms with Crippen LogP contribution in [0.3, 0.4) is 0 Å². The minimum Gasteiger partial charge on any atom is -0.310 e. The molecule has 2 heterocycles. The van der Waals surface area contributed by atoms with E-state index < -0.39 is 0 Å². The van der Waals surface area contributed by atoms with Crippen molar-refractivity contribution in [2.75, 3.05) is 19.6 Å². The van der Waals surface area contributed by atoms with Gasteiger partial charge in [0.15, 0.2) is 0 Å². The van der Waals surface area contributed by atoms with E-state index in [1.54, 1.807) is 0 Å². The summed E-state index contributed by atoms with van der Waals surface area (Å²) in [7, 11) is 0. The van der Waals surface area contributed by atoms with Crippen molar-refractivity contribution in [1.29, 1.82) is 0 Å². The molecule has 0 radical (unpaired) electrons. The Bertz CT molecular complexity index is 403. The Labute approximate surface area is 123 Å². The lowest BCUT2D eigenvalue weighted by atomic mass is 9.91. The van der Waals surface area contributed by atoms with Crippen molar-refractivity contribution in [3.8, 4) is 0 Å². The maximum atomic E-state index is 4.16. The van der Waals surface area contributed by atoms with E-state index in [1.165, 1.54) is 50.0 Å². The number of aryl methyl sites for hydroxylation is 1. The number of rotatable bonds is 6. The van der Waals surface area contributed by atoms with Gasteiger partial charge in [-0.25, -0.2) is 0 Å². The SMILES string of the molecule is CCCN1CCCC(C(C)NCc2ccncc2C)C1. The zero-order valence-corrected chi connectivity index (χ0v) is 13.2. The summed E-state index contributed by atoms with van der Waals surface area (Å²) in [6.45, 7) is 11.5. The standard InChI is InChI=1S/C17H29N3/c1-4-9-20-10-5-6-17(13-20)15(3)19-12-16-7-8-18-11-14(16)2/h7-8,11,15,17,19H,4-6,9-10,12-13H2,1-3H3. The first-order valence-corrected chi connectivity index (χ1v) is 8.06. The van der Waals surface area contributed by atoms with Gasteiger partial charge in [0.05, 0.1) is 0 Å². The van der Waals surface area contributed by atoms with E-state index >= 15 is 0 Å². The fraction of sp³-hybridized carbons (Fsp3) is 0.706. The van der Waals surface area contributed by atoms with Gasteiger partial charge in [0.1, 0.15) is 0 Å². The van der Waals surface area contributed by atoms with Gasteiger partial charge in [0.25, 0.3) is 0 Å². The zero-order valence-electron chi connectivity index (χ0n) is 13.2. The Kier molecular flexibility index (Phi) is 5.99. The molecule has 2 unspecified atom stereocenters. The fourth-order valence-electron chi connectivity index (χ4n) is 3.16. The van der Waals surface area contributed by atoms with Crippen LogP contribution in [0.5, 0.6) is 0 Å². The number of pyridine rings is 1. The molecule has 0 aromatic carbocycles. The first-order valence-electron chi connectivity index (χ1n) is 8.06. The molecule has 1 N–H and O–H groups in total. The molecule has 3 heteroatoms. The molecule has 0 bridgehead atoms. The topological polar surface area (TPSA) is 28.2 Å². The lowest BCUT2D eigenvalue weighted by molar-refractivity contribution is 0.150. The van der Waals surface area contributed by atoms with E-state index in [1.807, 2.05) is 12.4 Å². The molecule has 20 heavy (non-hydrogen) atoms. The highest BCUT2D eigenvalue weighted by molar-refractivity contribution is 5.21. The number of hydrogen-bond acceptors (Lipinski definition) is 3. The smallest absolute Gasteiger partial charge is 0.0300 e. The number of aromatic nitrogens is 1. The maximum Gasteiger partial charge on any atom is 0.0300 e. The van der Waals surface area contributed by atoms with Crippen molar-refractivity contribution in [1.82, 2.24) is 15.2 Å². The number of hydrogen-bond donors (Lipinski definition) is 1. The number of likely N-dealkylation sites (tertiary alicyclic amines) is 1. The molecule has 0 aliphatic carbocycles. The highest BCUT2D eigenvalue weighted by Crippen LogP contribution is 2.20. The number of nitrogens with zero attached hydrogens (tertiary/aromatic N) is 2. The molecule has 0 spiro atoms. The summed E-state index contributed by atoms with van der Waals surface area (Å²) in [6, 6.07) is 2.71. The first-order chi connectivity index (χ1) is 9.70. The number of piperidine rings is 1. The maximum absolute atomic E-state index is 4.16. The van der Waals surface area contributed by atoms with Gasteiger partial charge in [-0.1, -0.05) is 6.92 Å². The second kappa shape index (κ2) is 7.75. The molecule has 2 rings (SSSR count). The molecular formula is C17H29N3. The molecule has 112 valence electrons. The van der Waals surface area contributed by atoms with Crippen molar-refractivity contribution in [2.24, 2.45) is 5.92 Å². The van der Waals surface area contributed by atoms with Crippen LogP contribution in [0, 0.1) is 12.8 Å². The largest absolute Gasteiger partial charge is 0.310 e. The molecule has 1 aromatic rings. The van der Waals surface area contributed by atoms with E-state index in [2.05, 4.69) is 42.0 Å². The summed E-state index contributed by atoms with van der Waals surface area (Å²) in [5.41, 5.74) is 2.65. The Hall–Kier alpha value is -0.930. The highest BCUT2D eigenvalue weighted by atomic mass is 15.1. The van der Waals surface area contributed by atoms with Gasteiger partial charge in [0.2, 0.25) is 0 Å². The van der Waals surface area contributed by atoms with Gasteiger partial charge in [0, 0.05) is 31.5 Å². The lowest BCUT2D eigenvalue weighted by Gasteiger charge is -2.36. The zero-order chi connectivity index (χ0) is 14.4. The van der Waals surface area contributed by atoms with Crippen LogP contribution in [-0.2, 0) is 6.54 Å². The molecule has 0 saturated carbocycles. The second-order valence-corrected chi connectivity index (χ2v) is 6.17. The van der Waals surface area contributed by atoms with Crippen LogP contribution in [0.15, 0.2) is 18.5 Å². The Morgan fingerprint density at radius 1 is 1.50 bits per heavy atom. The normalized spacial score (nSPS) is 21.9. The Morgan fingerprint density at radius 3 is 3.10 bits per heavy atom. The Balaban J connectivity index is 1.82. The van der Waals surface area contributed by atoms with Gasteiger partial charge in [-0.3, -0.25) is 4.98 Å². The molecule has 1 aliphatic heterocycles. The molecule has 3 nitrogen and oxygen atoms in total. The van der Waals surface area contributed by atoms with E-state index in [0.29, 0.717) is 6.04 Å². The highest BCUT2D eigenvalue weighted by Gasteiger charge is 2.23. The van der Waals surface area contributed by atoms with Gasteiger partial charge in [-0.15, -0.1) is 0 Å². The summed E-state index contributed by atoms with van der Waals surface area (Å²) in [4.78, 5) is 6.79. The van der Waals surface area contributed by atoms with Crippen molar-refractivity contribution in [3.63, 3.8) is 0 Å². The predicted octanol–water partition coefficient (Wildman–Crippen LogP) is 2.99. The Morgan fingerprint density at radius 2 is 2.35 bits per heavy atom. The third-order valence-corrected chi connectivity index (χ3v) is 4.54. The molecule has 2 atom stereocenters. The van der Waals surface area contributed by atoms with Crippen molar-refractivity contribution >= 4 is 0 Å². The summed E-state index contributed by atoms with van der Waals surface area (Å²) >= 11 is 0. The summed E-state index contributed by atoms with van der Waals surface area (Å²) < 4.78 is 0. The van der Waals surface area contributed by atoms with Crippen LogP contribution in [0.4, 0.5) is 0 Å². The first kappa shape index (κ1) is 15.5. The van der Waals surface area contributed by atoms with Crippen LogP contribution in [-0.4, -0.2) is 35.6 Å². The van der Waals surface area contributed by atoms with E-state index in [9.17, 15) is 0 Å². The van der Waals surface area contributed by atoms with Crippen LogP contribution in [0.2, 0.25) is 0 Å². The monoisotopic (exact) mass is 275 g/mol. The van der Waals surface area contributed by atoms with E-state index in [4.69, 9.17) is 0 Å². The number of nitrogens with one attached hydrogen (secondary N) is 1. The average molecular weight is 275 g/mol. The van der Waals surface area contributed by atoms with Gasteiger partial charge < -0.3 is 10.2 Å². The fourth-order valence-corrected chi connectivity index (χ4v) is 3.16. The third-order valence-electron chi connectivity index (χ3n) is 4.54. The van der Waals surface area contributed by atoms with Gasteiger partial charge in [-0.2, -0.15) is 0 Å². The summed E-state index contributed by atoms with van der Waals surface area (Å²) in [5, 5.41) is 3.72. The second-order valence-electron chi connectivity index (χ2n) is 6.17. The minimum atomic E-state index is 0.585. The van der Waals surface area contributed by atoms with E-state index in [0.717, 1.165) is 12.5 Å².